The molecule has 1 aromatic rings. The number of sulfonamides is 1. The first-order chi connectivity index (χ1) is 9.79. The van der Waals surface area contributed by atoms with Gasteiger partial charge in [0.1, 0.15) is 9.81 Å². The van der Waals surface area contributed by atoms with Gasteiger partial charge in [0, 0.05) is 32.1 Å². The van der Waals surface area contributed by atoms with Crippen molar-refractivity contribution in [3.05, 3.63) is 16.5 Å². The Hall–Kier alpha value is -1.00. The topological polar surface area (TPSA) is 108 Å². The molecule has 1 aliphatic heterocycles. The fourth-order valence-corrected chi connectivity index (χ4v) is 4.21. The average molecular weight is 334 g/mol. The van der Waals surface area contributed by atoms with E-state index in [9.17, 15) is 13.2 Å². The summed E-state index contributed by atoms with van der Waals surface area (Å²) in [5.74, 6) is -0.345. The number of ether oxygens (including phenoxy) is 2. The van der Waals surface area contributed by atoms with Crippen LogP contribution in [0.3, 0.4) is 0 Å². The third-order valence-corrected chi connectivity index (χ3v) is 6.25. The van der Waals surface area contributed by atoms with Crippen LogP contribution < -0.4 is 10.5 Å². The van der Waals surface area contributed by atoms with Crippen molar-refractivity contribution in [2.45, 2.75) is 23.2 Å². The number of nitrogens with two attached hydrogens (primary N) is 1. The van der Waals surface area contributed by atoms with Crippen LogP contribution >= 0.6 is 11.3 Å². The summed E-state index contributed by atoms with van der Waals surface area (Å²) in [6.45, 7) is 2.89. The van der Waals surface area contributed by atoms with Crippen molar-refractivity contribution < 1.29 is 22.7 Å². The molecular formula is C12H18N2O5S2. The number of methoxy groups -OCH3 is 1. The predicted molar refractivity (Wildman–Crippen MR) is 77.9 cm³/mol. The monoisotopic (exact) mass is 334 g/mol. The summed E-state index contributed by atoms with van der Waals surface area (Å²) in [6.07, 6.45) is 0.703. The average Bonchev–Trinajstić information content (AvgIpc) is 3.02. The zero-order valence-corrected chi connectivity index (χ0v) is 13.5. The van der Waals surface area contributed by atoms with Crippen molar-refractivity contribution >= 4 is 27.3 Å². The second kappa shape index (κ2) is 6.01. The van der Waals surface area contributed by atoms with Crippen molar-refractivity contribution in [2.75, 3.05) is 26.9 Å². The molecule has 2 rings (SSSR count). The summed E-state index contributed by atoms with van der Waals surface area (Å²) in [6, 6.07) is 0. The maximum absolute atomic E-state index is 12.2. The van der Waals surface area contributed by atoms with Gasteiger partial charge in [-0.05, 0) is 12.5 Å². The number of thiophene rings is 1. The Morgan fingerprint density at radius 3 is 2.81 bits per heavy atom. The van der Waals surface area contributed by atoms with Crippen molar-refractivity contribution in [1.29, 1.82) is 0 Å². The fourth-order valence-electron chi connectivity index (χ4n) is 2.20. The highest BCUT2D eigenvalue weighted by atomic mass is 32.2. The molecule has 3 N–H and O–H groups in total. The number of hydrogen-bond donors (Lipinski definition) is 2. The first-order valence-electron chi connectivity index (χ1n) is 6.31. The van der Waals surface area contributed by atoms with Crippen LogP contribution in [-0.4, -0.2) is 46.8 Å². The second-order valence-electron chi connectivity index (χ2n) is 4.98. The maximum Gasteiger partial charge on any atom is 0.252 e. The Kier molecular flexibility index (Phi) is 4.69. The van der Waals surface area contributed by atoms with Gasteiger partial charge < -0.3 is 14.8 Å². The van der Waals surface area contributed by atoms with Gasteiger partial charge >= 0.3 is 0 Å². The Bertz CT molecular complexity index is 632. The van der Waals surface area contributed by atoms with Crippen LogP contribution in [-0.2, 0) is 19.5 Å². The highest BCUT2D eigenvalue weighted by molar-refractivity contribution is 7.91. The van der Waals surface area contributed by atoms with E-state index in [-0.39, 0.29) is 10.1 Å². The van der Waals surface area contributed by atoms with E-state index in [0.29, 0.717) is 37.3 Å². The molecule has 0 aliphatic carbocycles. The highest BCUT2D eigenvalue weighted by Gasteiger charge is 2.35. The molecule has 1 saturated heterocycles. The third-order valence-electron chi connectivity index (χ3n) is 3.57. The van der Waals surface area contributed by atoms with Gasteiger partial charge in [0.2, 0.25) is 10.0 Å². The summed E-state index contributed by atoms with van der Waals surface area (Å²) < 4.78 is 33.5. The van der Waals surface area contributed by atoms with Gasteiger partial charge in [0.05, 0.1) is 12.2 Å². The fraction of sp³-hybridized carbons (Fsp3) is 0.583. The number of primary sulfonamides is 1. The van der Waals surface area contributed by atoms with Crippen LogP contribution in [0.25, 0.3) is 0 Å². The van der Waals surface area contributed by atoms with Crippen LogP contribution in [0.1, 0.15) is 22.3 Å². The van der Waals surface area contributed by atoms with Crippen LogP contribution in [0.4, 0.5) is 0 Å². The molecular weight excluding hydrogens is 316 g/mol. The summed E-state index contributed by atoms with van der Waals surface area (Å²) >= 11 is 0.945. The number of nitrogens with one attached hydrogen (secondary N) is 1. The van der Waals surface area contributed by atoms with Gasteiger partial charge in [-0.15, -0.1) is 11.3 Å². The van der Waals surface area contributed by atoms with Gasteiger partial charge in [-0.2, -0.15) is 0 Å². The Morgan fingerprint density at radius 2 is 2.33 bits per heavy atom. The van der Waals surface area contributed by atoms with Crippen molar-refractivity contribution in [3.63, 3.8) is 0 Å². The lowest BCUT2D eigenvalue weighted by molar-refractivity contribution is -0.0148. The summed E-state index contributed by atoms with van der Waals surface area (Å²) in [5.41, 5.74) is 0.172. The zero-order chi connectivity index (χ0) is 15.7. The lowest BCUT2D eigenvalue weighted by atomic mass is 10.0. The van der Waals surface area contributed by atoms with Crippen LogP contribution in [0.5, 0.6) is 0 Å². The minimum atomic E-state index is -3.80. The smallest absolute Gasteiger partial charge is 0.252 e. The molecule has 1 aromatic heterocycles. The van der Waals surface area contributed by atoms with E-state index in [1.807, 2.05) is 0 Å². The van der Waals surface area contributed by atoms with E-state index in [1.165, 1.54) is 5.38 Å². The lowest BCUT2D eigenvalue weighted by Gasteiger charge is -2.25. The minimum Gasteiger partial charge on any atom is -0.378 e. The highest BCUT2D eigenvalue weighted by Crippen LogP contribution is 2.26. The molecule has 1 unspecified atom stereocenters. The normalized spacial score (nSPS) is 22.4. The molecule has 1 aliphatic rings. The molecule has 1 fully saturated rings. The molecule has 1 atom stereocenters. The molecule has 0 aromatic carbocycles. The summed E-state index contributed by atoms with van der Waals surface area (Å²) in [5, 5.41) is 9.36. The van der Waals surface area contributed by atoms with E-state index < -0.39 is 15.6 Å². The molecule has 0 bridgehead atoms. The maximum atomic E-state index is 12.2. The number of amides is 1. The summed E-state index contributed by atoms with van der Waals surface area (Å²) in [4.78, 5) is 12.2. The first-order valence-corrected chi connectivity index (χ1v) is 8.74. The summed E-state index contributed by atoms with van der Waals surface area (Å²) in [7, 11) is -2.22. The zero-order valence-electron chi connectivity index (χ0n) is 11.8. The molecule has 0 saturated carbocycles. The standard InChI is InChI=1S/C12H18N2O5S2/c1-8-9(5-20-11(8)21(13,16)17)10(15)14-6-12(18-2)3-4-19-7-12/h5H,3-4,6-7H2,1-2H3,(H,14,15)(H2,13,16,17). The molecule has 21 heavy (non-hydrogen) atoms. The Morgan fingerprint density at radius 1 is 1.62 bits per heavy atom. The van der Waals surface area contributed by atoms with Crippen molar-refractivity contribution in [1.82, 2.24) is 5.32 Å². The molecule has 1 amide bonds. The lowest BCUT2D eigenvalue weighted by Crippen LogP contribution is -2.45. The van der Waals surface area contributed by atoms with Gasteiger partial charge in [0.15, 0.2) is 0 Å². The van der Waals surface area contributed by atoms with Crippen molar-refractivity contribution in [2.24, 2.45) is 5.14 Å². The van der Waals surface area contributed by atoms with Gasteiger partial charge in [-0.3, -0.25) is 4.79 Å². The van der Waals surface area contributed by atoms with Gasteiger partial charge in [0.25, 0.3) is 5.91 Å². The van der Waals surface area contributed by atoms with Crippen molar-refractivity contribution in [3.8, 4) is 0 Å². The largest absolute Gasteiger partial charge is 0.378 e. The number of hydrogen-bond acceptors (Lipinski definition) is 6. The SMILES string of the molecule is COC1(CNC(=O)c2csc(S(N)(=O)=O)c2C)CCOC1. The van der Waals surface area contributed by atoms with Crippen LogP contribution in [0.2, 0.25) is 0 Å². The number of carbonyl (C=O) groups excluding carboxylic acids is 1. The van der Waals surface area contributed by atoms with E-state index in [4.69, 9.17) is 14.6 Å². The molecule has 2 heterocycles. The van der Waals surface area contributed by atoms with Crippen LogP contribution in [0.15, 0.2) is 9.59 Å². The Labute approximate surface area is 127 Å². The quantitative estimate of drug-likeness (QED) is 0.802. The number of carbonyl (C=O) groups is 1. The third kappa shape index (κ3) is 3.43. The minimum absolute atomic E-state index is 0.0123. The second-order valence-corrected chi connectivity index (χ2v) is 7.62. The molecule has 0 spiro atoms. The first kappa shape index (κ1) is 16.4. The van der Waals surface area contributed by atoms with E-state index in [2.05, 4.69) is 5.32 Å². The molecule has 9 heteroatoms. The van der Waals surface area contributed by atoms with E-state index >= 15 is 0 Å². The van der Waals surface area contributed by atoms with Gasteiger partial charge in [-0.1, -0.05) is 0 Å². The molecule has 118 valence electrons. The molecule has 7 nitrogen and oxygen atoms in total. The van der Waals surface area contributed by atoms with E-state index in [1.54, 1.807) is 14.0 Å². The van der Waals surface area contributed by atoms with Gasteiger partial charge in [-0.25, -0.2) is 13.6 Å². The molecule has 0 radical (unpaired) electrons. The van der Waals surface area contributed by atoms with E-state index in [0.717, 1.165) is 11.3 Å². The van der Waals surface area contributed by atoms with Crippen LogP contribution in [0, 0.1) is 6.92 Å². The number of rotatable bonds is 5. The Balaban J connectivity index is 2.09. The predicted octanol–water partition coefficient (Wildman–Crippen LogP) is 0.239.